The van der Waals surface area contributed by atoms with Crippen LogP contribution in [0.15, 0.2) is 83.8 Å². The van der Waals surface area contributed by atoms with E-state index in [-0.39, 0.29) is 11.6 Å². The normalized spacial score (nSPS) is 10.5. The van der Waals surface area contributed by atoms with Crippen molar-refractivity contribution < 1.29 is 8.78 Å². The van der Waals surface area contributed by atoms with Gasteiger partial charge in [0.25, 0.3) is 0 Å². The third kappa shape index (κ3) is 13.9. The number of aryl methyl sites for hydroxylation is 1. The van der Waals surface area contributed by atoms with E-state index >= 15 is 0 Å². The fraction of sp³-hybridized carbons (Fsp3) is 0.400. The SMILES string of the molecule is CC(C)CCc1ccccc1F.CC(C)CSc1ccccc1.CC(C)c1ccc(F)cc1. The van der Waals surface area contributed by atoms with Crippen LogP contribution in [-0.2, 0) is 6.42 Å². The highest BCUT2D eigenvalue weighted by atomic mass is 32.2. The minimum Gasteiger partial charge on any atom is -0.207 e. The molecule has 0 heterocycles. The first-order valence-electron chi connectivity index (χ1n) is 11.9. The molecule has 0 atom stereocenters. The van der Waals surface area contributed by atoms with Gasteiger partial charge in [0, 0.05) is 10.6 Å². The van der Waals surface area contributed by atoms with Crippen LogP contribution in [0.1, 0.15) is 65.0 Å². The first-order chi connectivity index (χ1) is 15.7. The summed E-state index contributed by atoms with van der Waals surface area (Å²) in [6.07, 6.45) is 1.91. The van der Waals surface area contributed by atoms with Gasteiger partial charge in [-0.3, -0.25) is 0 Å². The Morgan fingerprint density at radius 1 is 0.667 bits per heavy atom. The molecule has 180 valence electrons. The van der Waals surface area contributed by atoms with Gasteiger partial charge in [-0.25, -0.2) is 8.78 Å². The van der Waals surface area contributed by atoms with Crippen molar-refractivity contribution in [2.45, 2.75) is 65.2 Å². The van der Waals surface area contributed by atoms with Gasteiger partial charge in [0.1, 0.15) is 11.6 Å². The largest absolute Gasteiger partial charge is 0.207 e. The summed E-state index contributed by atoms with van der Waals surface area (Å²) in [6.45, 7) is 13.0. The molecule has 0 aliphatic rings. The number of hydrogen-bond donors (Lipinski definition) is 0. The van der Waals surface area contributed by atoms with Crippen LogP contribution in [0.3, 0.4) is 0 Å². The molecule has 0 aliphatic heterocycles. The molecule has 0 spiro atoms. The minimum absolute atomic E-state index is 0.0712. The molecular formula is C30H40F2S. The van der Waals surface area contributed by atoms with Gasteiger partial charge >= 0.3 is 0 Å². The van der Waals surface area contributed by atoms with Gasteiger partial charge in [-0.15, -0.1) is 11.8 Å². The molecule has 3 aromatic rings. The first-order valence-corrected chi connectivity index (χ1v) is 12.8. The molecule has 3 aromatic carbocycles. The molecule has 3 rings (SSSR count). The molecule has 0 bridgehead atoms. The Kier molecular flexibility index (Phi) is 14.4. The van der Waals surface area contributed by atoms with Gasteiger partial charge < -0.3 is 0 Å². The van der Waals surface area contributed by atoms with E-state index in [4.69, 9.17) is 0 Å². The average molecular weight is 471 g/mol. The van der Waals surface area contributed by atoms with Crippen molar-refractivity contribution in [2.24, 2.45) is 11.8 Å². The monoisotopic (exact) mass is 470 g/mol. The summed E-state index contributed by atoms with van der Waals surface area (Å²) in [7, 11) is 0. The smallest absolute Gasteiger partial charge is 0.126 e. The van der Waals surface area contributed by atoms with Crippen molar-refractivity contribution in [1.29, 1.82) is 0 Å². The molecule has 0 aromatic heterocycles. The van der Waals surface area contributed by atoms with Gasteiger partial charge in [0.05, 0.1) is 0 Å². The number of hydrogen-bond acceptors (Lipinski definition) is 1. The summed E-state index contributed by atoms with van der Waals surface area (Å²) in [5.74, 6) is 2.89. The standard InChI is InChI=1S/C11H15F.C10H14S.C9H11F/c1-9(2)7-8-10-5-3-4-6-11(10)12;1-9(2)8-11-10-6-4-3-5-7-10;1-7(2)8-3-5-9(10)6-4-8/h3-6,9H,7-8H2,1-2H3;3-7,9H,8H2,1-2H3;3-7H,1-2H3. The molecule has 0 aliphatic carbocycles. The van der Waals surface area contributed by atoms with Gasteiger partial charge in [0.15, 0.2) is 0 Å². The average Bonchev–Trinajstić information content (AvgIpc) is 2.79. The maximum absolute atomic E-state index is 13.0. The van der Waals surface area contributed by atoms with E-state index in [0.717, 1.165) is 24.3 Å². The van der Waals surface area contributed by atoms with Gasteiger partial charge in [-0.2, -0.15) is 0 Å². The summed E-state index contributed by atoms with van der Waals surface area (Å²) in [6, 6.07) is 24.2. The number of rotatable bonds is 7. The van der Waals surface area contributed by atoms with Crippen LogP contribution in [0.4, 0.5) is 8.78 Å². The minimum atomic E-state index is -0.163. The van der Waals surface area contributed by atoms with E-state index in [1.54, 1.807) is 6.07 Å². The second-order valence-electron chi connectivity index (χ2n) is 9.25. The maximum atomic E-state index is 13.0. The van der Waals surface area contributed by atoms with Crippen molar-refractivity contribution in [2.75, 3.05) is 5.75 Å². The van der Waals surface area contributed by atoms with Crippen molar-refractivity contribution >= 4 is 11.8 Å². The molecule has 0 N–H and O–H groups in total. The topological polar surface area (TPSA) is 0 Å². The van der Waals surface area contributed by atoms with Crippen LogP contribution in [0.25, 0.3) is 0 Å². The Labute approximate surface area is 204 Å². The van der Waals surface area contributed by atoms with Crippen LogP contribution < -0.4 is 0 Å². The van der Waals surface area contributed by atoms with Crippen LogP contribution in [0.2, 0.25) is 0 Å². The second kappa shape index (κ2) is 16.5. The van der Waals surface area contributed by atoms with Crippen molar-refractivity contribution in [3.63, 3.8) is 0 Å². The summed E-state index contributed by atoms with van der Waals surface area (Å²) >= 11 is 1.93. The predicted octanol–water partition coefficient (Wildman–Crippen LogP) is 9.80. The van der Waals surface area contributed by atoms with E-state index in [0.29, 0.717) is 11.8 Å². The van der Waals surface area contributed by atoms with E-state index in [1.807, 2.05) is 36.0 Å². The molecule has 33 heavy (non-hydrogen) atoms. The van der Waals surface area contributed by atoms with Crippen LogP contribution in [-0.4, -0.2) is 5.75 Å². The zero-order chi connectivity index (χ0) is 24.6. The Bertz CT molecular complexity index is 871. The van der Waals surface area contributed by atoms with E-state index in [9.17, 15) is 8.78 Å². The molecular weight excluding hydrogens is 430 g/mol. The fourth-order valence-corrected chi connectivity index (χ4v) is 3.65. The van der Waals surface area contributed by atoms with Gasteiger partial charge in [-0.1, -0.05) is 90.1 Å². The van der Waals surface area contributed by atoms with Gasteiger partial charge in [0.2, 0.25) is 0 Å². The molecule has 0 unspecified atom stereocenters. The Morgan fingerprint density at radius 2 is 1.24 bits per heavy atom. The Hall–Kier alpha value is -2.13. The Balaban J connectivity index is 0.000000249. The molecule has 0 saturated carbocycles. The summed E-state index contributed by atoms with van der Waals surface area (Å²) in [5, 5.41) is 0. The number of thioether (sulfide) groups is 1. The lowest BCUT2D eigenvalue weighted by Crippen LogP contribution is -1.94. The highest BCUT2D eigenvalue weighted by molar-refractivity contribution is 7.99. The lowest BCUT2D eigenvalue weighted by Gasteiger charge is -2.04. The zero-order valence-electron chi connectivity index (χ0n) is 21.0. The molecule has 0 fully saturated rings. The van der Waals surface area contributed by atoms with Crippen molar-refractivity contribution in [3.05, 3.63) is 102 Å². The summed E-state index contributed by atoms with van der Waals surface area (Å²) in [5.41, 5.74) is 2.02. The number of benzene rings is 3. The van der Waals surface area contributed by atoms with E-state index < -0.39 is 0 Å². The van der Waals surface area contributed by atoms with E-state index in [1.165, 1.54) is 34.4 Å². The molecule has 0 amide bonds. The Morgan fingerprint density at radius 3 is 1.76 bits per heavy atom. The first kappa shape index (κ1) is 28.9. The third-order valence-corrected chi connectivity index (χ3v) is 6.25. The summed E-state index contributed by atoms with van der Waals surface area (Å²) in [4.78, 5) is 1.38. The van der Waals surface area contributed by atoms with Crippen LogP contribution >= 0.6 is 11.8 Å². The third-order valence-electron chi connectivity index (χ3n) is 4.81. The van der Waals surface area contributed by atoms with Crippen molar-refractivity contribution in [3.8, 4) is 0 Å². The van der Waals surface area contributed by atoms with Crippen molar-refractivity contribution in [1.82, 2.24) is 0 Å². The lowest BCUT2D eigenvalue weighted by molar-refractivity contribution is 0.558. The zero-order valence-corrected chi connectivity index (χ0v) is 21.8. The number of halogens is 2. The molecule has 0 saturated heterocycles. The predicted molar refractivity (Wildman–Crippen MR) is 142 cm³/mol. The second-order valence-corrected chi connectivity index (χ2v) is 10.3. The van der Waals surface area contributed by atoms with Crippen LogP contribution in [0.5, 0.6) is 0 Å². The molecule has 3 heteroatoms. The summed E-state index contributed by atoms with van der Waals surface area (Å²) < 4.78 is 25.4. The molecule has 0 nitrogen and oxygen atoms in total. The van der Waals surface area contributed by atoms with Crippen LogP contribution in [0, 0.1) is 23.5 Å². The van der Waals surface area contributed by atoms with E-state index in [2.05, 4.69) is 71.9 Å². The highest BCUT2D eigenvalue weighted by Gasteiger charge is 2.01. The quantitative estimate of drug-likeness (QED) is 0.310. The fourth-order valence-electron chi connectivity index (χ4n) is 2.77. The lowest BCUT2D eigenvalue weighted by atomic mass is 10.0. The maximum Gasteiger partial charge on any atom is 0.126 e. The highest BCUT2D eigenvalue weighted by Crippen LogP contribution is 2.19. The van der Waals surface area contributed by atoms with Gasteiger partial charge in [-0.05, 0) is 72.1 Å². The molecule has 0 radical (unpaired) electrons.